The van der Waals surface area contributed by atoms with E-state index < -0.39 is 0 Å². The smallest absolute Gasteiger partial charge is 0.263 e. The lowest BCUT2D eigenvalue weighted by atomic mass is 9.79. The molecule has 0 atom stereocenters. The van der Waals surface area contributed by atoms with Gasteiger partial charge in [-0.1, -0.05) is 12.5 Å². The van der Waals surface area contributed by atoms with Gasteiger partial charge in [0.25, 0.3) is 5.91 Å². The highest BCUT2D eigenvalue weighted by Gasteiger charge is 2.42. The third-order valence-corrected chi connectivity index (χ3v) is 7.67. The molecular formula is C22H31N4OS+. The van der Waals surface area contributed by atoms with Gasteiger partial charge in [0.1, 0.15) is 15.4 Å². The number of rotatable bonds is 5. The lowest BCUT2D eigenvalue weighted by Crippen LogP contribution is -3.22. The Labute approximate surface area is 171 Å². The van der Waals surface area contributed by atoms with E-state index in [2.05, 4.69) is 15.3 Å². The van der Waals surface area contributed by atoms with Crippen molar-refractivity contribution in [3.8, 4) is 10.7 Å². The molecular weight excluding hydrogens is 368 g/mol. The average Bonchev–Trinajstić information content (AvgIpc) is 3.16. The number of carbonyl (C=O) groups excluding carboxylic acids is 1. The van der Waals surface area contributed by atoms with E-state index >= 15 is 0 Å². The summed E-state index contributed by atoms with van der Waals surface area (Å²) in [5, 5.41) is 4.12. The number of carbonyl (C=O) groups is 1. The zero-order chi connectivity index (χ0) is 19.4. The predicted octanol–water partition coefficient (Wildman–Crippen LogP) is 3.02. The average molecular weight is 400 g/mol. The zero-order valence-electron chi connectivity index (χ0n) is 16.8. The summed E-state index contributed by atoms with van der Waals surface area (Å²) in [5.74, 6) is 0.0264. The predicted molar refractivity (Wildman–Crippen MR) is 113 cm³/mol. The van der Waals surface area contributed by atoms with Gasteiger partial charge < -0.3 is 10.2 Å². The van der Waals surface area contributed by atoms with Gasteiger partial charge in [-0.05, 0) is 51.2 Å². The van der Waals surface area contributed by atoms with Gasteiger partial charge in [-0.3, -0.25) is 9.78 Å². The van der Waals surface area contributed by atoms with Gasteiger partial charge in [0.05, 0.1) is 31.0 Å². The first kappa shape index (κ1) is 19.5. The highest BCUT2D eigenvalue weighted by atomic mass is 32.1. The topological polar surface area (TPSA) is 59.3 Å². The Morgan fingerprint density at radius 2 is 1.89 bits per heavy atom. The molecule has 4 rings (SSSR count). The molecule has 2 N–H and O–H groups in total. The molecule has 0 spiro atoms. The number of thiazole rings is 1. The van der Waals surface area contributed by atoms with E-state index in [0.29, 0.717) is 0 Å². The highest BCUT2D eigenvalue weighted by molar-refractivity contribution is 7.17. The van der Waals surface area contributed by atoms with Crippen LogP contribution < -0.4 is 10.2 Å². The lowest BCUT2D eigenvalue weighted by molar-refractivity contribution is -0.957. The molecule has 2 aromatic heterocycles. The van der Waals surface area contributed by atoms with Crippen molar-refractivity contribution >= 4 is 17.2 Å². The van der Waals surface area contributed by atoms with Gasteiger partial charge in [0.15, 0.2) is 0 Å². The van der Waals surface area contributed by atoms with E-state index in [1.807, 2.05) is 25.1 Å². The number of pyridine rings is 1. The van der Waals surface area contributed by atoms with Crippen LogP contribution in [0.1, 0.15) is 66.7 Å². The normalized spacial score (nSPS) is 20.0. The van der Waals surface area contributed by atoms with E-state index in [-0.39, 0.29) is 11.4 Å². The first-order valence-electron chi connectivity index (χ1n) is 10.7. The minimum atomic E-state index is 0.0264. The molecule has 0 radical (unpaired) electrons. The minimum absolute atomic E-state index is 0.0264. The fourth-order valence-electron chi connectivity index (χ4n) is 4.93. The van der Waals surface area contributed by atoms with Gasteiger partial charge in [-0.2, -0.15) is 0 Å². The maximum atomic E-state index is 13.0. The second-order valence-electron chi connectivity index (χ2n) is 8.34. The summed E-state index contributed by atoms with van der Waals surface area (Å²) >= 11 is 1.45. The van der Waals surface area contributed by atoms with Crippen LogP contribution in [0, 0.1) is 6.92 Å². The third-order valence-electron chi connectivity index (χ3n) is 6.49. The summed E-state index contributed by atoms with van der Waals surface area (Å²) in [7, 11) is 0. The summed E-state index contributed by atoms with van der Waals surface area (Å²) < 4.78 is 0. The summed E-state index contributed by atoms with van der Waals surface area (Å²) in [5.41, 5.74) is 1.86. The lowest BCUT2D eigenvalue weighted by Gasteiger charge is -2.45. The Hall–Kier alpha value is -1.79. The van der Waals surface area contributed by atoms with Crippen LogP contribution in [0.3, 0.4) is 0 Å². The van der Waals surface area contributed by atoms with E-state index in [4.69, 9.17) is 0 Å². The van der Waals surface area contributed by atoms with Crippen LogP contribution in [-0.4, -0.2) is 41.0 Å². The number of aromatic nitrogens is 2. The van der Waals surface area contributed by atoms with Crippen molar-refractivity contribution in [2.75, 3.05) is 19.6 Å². The van der Waals surface area contributed by atoms with Crippen molar-refractivity contribution in [1.82, 2.24) is 15.3 Å². The second kappa shape index (κ2) is 8.70. The number of quaternary nitrogens is 1. The van der Waals surface area contributed by atoms with E-state index in [0.717, 1.165) is 27.8 Å². The standard InChI is InChI=1S/C22H30N4OS/c1-17-19(28-21(25-17)18-10-4-7-13-23-18)20(27)24-16-22(11-5-2-6-12-22)26-14-8-3-9-15-26/h4,7,10,13H,2-3,5-6,8-9,11-12,14-16H2,1H3,(H,24,27)/p+1. The summed E-state index contributed by atoms with van der Waals surface area (Å²) in [6.07, 6.45) is 12.2. The molecule has 0 aromatic carbocycles. The molecule has 2 aliphatic rings. The number of hydrogen-bond acceptors (Lipinski definition) is 4. The molecule has 1 aliphatic heterocycles. The molecule has 0 unspecified atom stereocenters. The van der Waals surface area contributed by atoms with Gasteiger partial charge in [0.2, 0.25) is 0 Å². The van der Waals surface area contributed by atoms with Crippen LogP contribution in [0.5, 0.6) is 0 Å². The molecule has 0 bridgehead atoms. The van der Waals surface area contributed by atoms with Crippen LogP contribution in [-0.2, 0) is 0 Å². The molecule has 1 saturated carbocycles. The van der Waals surface area contributed by atoms with Crippen LogP contribution in [0.15, 0.2) is 24.4 Å². The Morgan fingerprint density at radius 3 is 2.61 bits per heavy atom. The molecule has 2 aromatic rings. The van der Waals surface area contributed by atoms with Crippen LogP contribution >= 0.6 is 11.3 Å². The first-order valence-corrected chi connectivity index (χ1v) is 11.5. The molecule has 1 aliphatic carbocycles. The Morgan fingerprint density at radius 1 is 1.14 bits per heavy atom. The van der Waals surface area contributed by atoms with Crippen molar-refractivity contribution in [2.24, 2.45) is 0 Å². The van der Waals surface area contributed by atoms with Gasteiger partial charge in [-0.15, -0.1) is 11.3 Å². The van der Waals surface area contributed by atoms with Gasteiger partial charge in [-0.25, -0.2) is 4.98 Å². The largest absolute Gasteiger partial charge is 0.345 e. The Kier molecular flexibility index (Phi) is 6.07. The fraction of sp³-hybridized carbons (Fsp3) is 0.591. The molecule has 1 saturated heterocycles. The number of hydrogen-bond donors (Lipinski definition) is 2. The molecule has 1 amide bonds. The van der Waals surface area contributed by atoms with Crippen LogP contribution in [0.4, 0.5) is 0 Å². The van der Waals surface area contributed by atoms with E-state index in [1.165, 1.54) is 75.8 Å². The SMILES string of the molecule is Cc1nc(-c2ccccn2)sc1C(=O)NCC1([NH+]2CCCCC2)CCCCC1. The number of piperidine rings is 1. The van der Waals surface area contributed by atoms with Gasteiger partial charge >= 0.3 is 0 Å². The molecule has 3 heterocycles. The Balaban J connectivity index is 1.47. The fourth-order valence-corrected chi connectivity index (χ4v) is 5.89. The van der Waals surface area contributed by atoms with Crippen molar-refractivity contribution in [1.29, 1.82) is 0 Å². The van der Waals surface area contributed by atoms with Crippen molar-refractivity contribution < 1.29 is 9.69 Å². The number of nitrogens with zero attached hydrogens (tertiary/aromatic N) is 2. The number of amides is 1. The van der Waals surface area contributed by atoms with E-state index in [1.54, 1.807) is 11.1 Å². The summed E-state index contributed by atoms with van der Waals surface area (Å²) in [4.78, 5) is 24.4. The third kappa shape index (κ3) is 4.13. The van der Waals surface area contributed by atoms with Crippen molar-refractivity contribution in [3.05, 3.63) is 35.0 Å². The molecule has 6 heteroatoms. The van der Waals surface area contributed by atoms with Crippen LogP contribution in [0.25, 0.3) is 10.7 Å². The summed E-state index contributed by atoms with van der Waals surface area (Å²) in [6, 6.07) is 5.79. The first-order chi connectivity index (χ1) is 13.7. The number of likely N-dealkylation sites (tertiary alicyclic amines) is 1. The maximum absolute atomic E-state index is 13.0. The van der Waals surface area contributed by atoms with Gasteiger partial charge in [0, 0.05) is 19.0 Å². The maximum Gasteiger partial charge on any atom is 0.263 e. The summed E-state index contributed by atoms with van der Waals surface area (Å²) in [6.45, 7) is 5.24. The zero-order valence-corrected chi connectivity index (χ0v) is 17.6. The molecule has 28 heavy (non-hydrogen) atoms. The van der Waals surface area contributed by atoms with E-state index in [9.17, 15) is 4.79 Å². The Bertz CT molecular complexity index is 792. The van der Waals surface area contributed by atoms with Crippen molar-refractivity contribution in [3.63, 3.8) is 0 Å². The monoisotopic (exact) mass is 399 g/mol. The molecule has 5 nitrogen and oxygen atoms in total. The minimum Gasteiger partial charge on any atom is -0.345 e. The quantitative estimate of drug-likeness (QED) is 0.813. The molecule has 2 fully saturated rings. The second-order valence-corrected chi connectivity index (χ2v) is 9.34. The number of nitrogens with one attached hydrogen (secondary N) is 2. The van der Waals surface area contributed by atoms with Crippen LogP contribution in [0.2, 0.25) is 0 Å². The van der Waals surface area contributed by atoms with Crippen molar-refractivity contribution in [2.45, 2.75) is 63.8 Å². The highest BCUT2D eigenvalue weighted by Crippen LogP contribution is 2.28. The number of aryl methyl sites for hydroxylation is 1. The molecule has 150 valence electrons.